The quantitative estimate of drug-likeness (QED) is 0.288. The highest BCUT2D eigenvalue weighted by Crippen LogP contribution is 2.43. The Morgan fingerprint density at radius 1 is 0.771 bits per heavy atom. The number of unbranched alkanes of at least 4 members (excludes halogenated alkanes) is 3. The minimum Gasteiger partial charge on any atom is -0.490 e. The van der Waals surface area contributed by atoms with E-state index < -0.39 is 11.6 Å². The van der Waals surface area contributed by atoms with E-state index in [0.717, 1.165) is 74.7 Å². The molecule has 3 aliphatic rings. The van der Waals surface area contributed by atoms with Crippen molar-refractivity contribution in [1.29, 1.82) is 0 Å². The first-order chi connectivity index (χ1) is 17.1. The third-order valence-corrected chi connectivity index (χ3v) is 9.25. The van der Waals surface area contributed by atoms with Crippen molar-refractivity contribution >= 4 is 0 Å². The highest BCUT2D eigenvalue weighted by atomic mass is 19.2. The number of aryl methyl sites for hydroxylation is 1. The van der Waals surface area contributed by atoms with Crippen molar-refractivity contribution in [2.24, 2.45) is 23.7 Å². The molecule has 4 heteroatoms. The van der Waals surface area contributed by atoms with Gasteiger partial charge in [-0.15, -0.1) is 0 Å². The molecule has 2 nitrogen and oxygen atoms in total. The van der Waals surface area contributed by atoms with Gasteiger partial charge in [0.25, 0.3) is 0 Å². The molecule has 0 radical (unpaired) electrons. The van der Waals surface area contributed by atoms with E-state index in [-0.39, 0.29) is 17.6 Å². The number of fused-ring (bicyclic) bond motifs is 1. The molecule has 1 aromatic rings. The zero-order valence-electron chi connectivity index (χ0n) is 22.3. The molecule has 0 N–H and O–H groups in total. The molecule has 198 valence electrons. The third-order valence-electron chi connectivity index (χ3n) is 9.25. The summed E-state index contributed by atoms with van der Waals surface area (Å²) in [5.74, 6) is 1.63. The smallest absolute Gasteiger partial charge is 0.204 e. The summed E-state index contributed by atoms with van der Waals surface area (Å²) >= 11 is 0. The molecule has 1 aliphatic heterocycles. The first-order valence-electron chi connectivity index (χ1n) is 14.9. The maximum atomic E-state index is 14.8. The van der Waals surface area contributed by atoms with Crippen LogP contribution in [0.3, 0.4) is 0 Å². The van der Waals surface area contributed by atoms with E-state index in [1.165, 1.54) is 57.8 Å². The Morgan fingerprint density at radius 2 is 1.43 bits per heavy atom. The summed E-state index contributed by atoms with van der Waals surface area (Å²) in [5, 5.41) is 0. The van der Waals surface area contributed by atoms with Crippen molar-refractivity contribution < 1.29 is 18.3 Å². The minimum atomic E-state index is -0.883. The average molecular weight is 491 g/mol. The summed E-state index contributed by atoms with van der Waals surface area (Å²) in [5.41, 5.74) is 0.754. The summed E-state index contributed by atoms with van der Waals surface area (Å²) in [4.78, 5) is 0. The molecule has 0 saturated heterocycles. The number of halogens is 2. The Morgan fingerprint density at radius 3 is 2.09 bits per heavy atom. The fourth-order valence-corrected chi connectivity index (χ4v) is 6.90. The second-order valence-electron chi connectivity index (χ2n) is 11.8. The molecule has 1 unspecified atom stereocenters. The van der Waals surface area contributed by atoms with Crippen LogP contribution in [0.2, 0.25) is 0 Å². The van der Waals surface area contributed by atoms with Crippen molar-refractivity contribution in [3.05, 3.63) is 23.3 Å². The first-order valence-corrected chi connectivity index (χ1v) is 14.9. The maximum Gasteiger partial charge on any atom is 0.204 e. The highest BCUT2D eigenvalue weighted by molar-refractivity contribution is 5.44. The number of hydrogen-bond donors (Lipinski definition) is 0. The van der Waals surface area contributed by atoms with Gasteiger partial charge in [-0.05, 0) is 93.9 Å². The van der Waals surface area contributed by atoms with Gasteiger partial charge in [0, 0.05) is 5.56 Å². The molecule has 0 aromatic heterocycles. The Balaban J connectivity index is 1.22. The van der Waals surface area contributed by atoms with Crippen molar-refractivity contribution in [2.45, 2.75) is 129 Å². The Labute approximate surface area is 212 Å². The molecule has 0 bridgehead atoms. The topological polar surface area (TPSA) is 18.5 Å². The number of hydrogen-bond acceptors (Lipinski definition) is 2. The van der Waals surface area contributed by atoms with Crippen molar-refractivity contribution in [3.63, 3.8) is 0 Å². The highest BCUT2D eigenvalue weighted by Gasteiger charge is 2.32. The Bertz CT molecular complexity index is 779. The van der Waals surface area contributed by atoms with Crippen LogP contribution in [-0.2, 0) is 6.42 Å². The second-order valence-corrected chi connectivity index (χ2v) is 11.8. The molecule has 0 amide bonds. The standard InChI is InChI=1S/C31H48F2O2/c1-3-5-7-9-27-19-18-26-20-28(29(32)30(33)31(26)35-27)34-21-23-12-16-25(17-13-23)24-14-10-22(11-15-24)8-6-4-2/h20,22-25,27H,3-19,21H2,1-2H3. The molecular formula is C31H48F2O2. The van der Waals surface area contributed by atoms with Gasteiger partial charge in [0.1, 0.15) is 0 Å². The molecule has 35 heavy (non-hydrogen) atoms. The van der Waals surface area contributed by atoms with E-state index in [1.807, 2.05) is 0 Å². The molecule has 2 aliphatic carbocycles. The first kappa shape index (κ1) is 26.7. The molecule has 1 aromatic carbocycles. The summed E-state index contributed by atoms with van der Waals surface area (Å²) in [6.07, 6.45) is 20.6. The summed E-state index contributed by atoms with van der Waals surface area (Å²) in [6.45, 7) is 4.95. The SMILES string of the molecule is CCCCCC1CCc2cc(OCC3CCC(C4CCC(CCCC)CC4)CC3)c(F)c(F)c2O1. The van der Waals surface area contributed by atoms with Crippen LogP contribution in [-0.4, -0.2) is 12.7 Å². The second kappa shape index (κ2) is 13.3. The van der Waals surface area contributed by atoms with Crippen LogP contribution in [0.4, 0.5) is 8.78 Å². The van der Waals surface area contributed by atoms with Crippen molar-refractivity contribution in [1.82, 2.24) is 0 Å². The molecule has 2 fully saturated rings. The average Bonchev–Trinajstić information content (AvgIpc) is 2.90. The number of benzene rings is 1. The van der Waals surface area contributed by atoms with Crippen molar-refractivity contribution in [2.75, 3.05) is 6.61 Å². The van der Waals surface area contributed by atoms with E-state index >= 15 is 0 Å². The van der Waals surface area contributed by atoms with E-state index in [2.05, 4.69) is 13.8 Å². The molecule has 1 atom stereocenters. The summed E-state index contributed by atoms with van der Waals surface area (Å²) in [7, 11) is 0. The van der Waals surface area contributed by atoms with Gasteiger partial charge < -0.3 is 9.47 Å². The van der Waals surface area contributed by atoms with Gasteiger partial charge in [-0.25, -0.2) is 0 Å². The minimum absolute atomic E-state index is 0.00343. The van der Waals surface area contributed by atoms with Gasteiger partial charge >= 0.3 is 0 Å². The number of ether oxygens (including phenoxy) is 2. The molecular weight excluding hydrogens is 442 g/mol. The predicted octanol–water partition coefficient (Wildman–Crippen LogP) is 9.42. The van der Waals surface area contributed by atoms with Crippen molar-refractivity contribution in [3.8, 4) is 11.5 Å². The van der Waals surface area contributed by atoms with Gasteiger partial charge in [-0.1, -0.05) is 58.8 Å². The lowest BCUT2D eigenvalue weighted by Crippen LogP contribution is -2.27. The predicted molar refractivity (Wildman–Crippen MR) is 139 cm³/mol. The van der Waals surface area contributed by atoms with Crippen LogP contribution < -0.4 is 9.47 Å². The van der Waals surface area contributed by atoms with Crippen LogP contribution >= 0.6 is 0 Å². The normalized spacial score (nSPS) is 28.9. The molecule has 4 rings (SSSR count). The third kappa shape index (κ3) is 7.13. The summed E-state index contributed by atoms with van der Waals surface area (Å²) in [6, 6.07) is 1.69. The van der Waals surface area contributed by atoms with E-state index in [1.54, 1.807) is 6.07 Å². The number of rotatable bonds is 11. The van der Waals surface area contributed by atoms with Gasteiger partial charge in [-0.3, -0.25) is 0 Å². The van der Waals surface area contributed by atoms with E-state index in [4.69, 9.17) is 9.47 Å². The lowest BCUT2D eigenvalue weighted by Gasteiger charge is -2.38. The van der Waals surface area contributed by atoms with Crippen LogP contribution in [0.25, 0.3) is 0 Å². The zero-order chi connectivity index (χ0) is 24.6. The van der Waals surface area contributed by atoms with Crippen LogP contribution in [0.15, 0.2) is 6.07 Å². The van der Waals surface area contributed by atoms with Gasteiger partial charge in [0.15, 0.2) is 11.5 Å². The molecule has 0 spiro atoms. The Kier molecular flexibility index (Phi) is 10.2. The summed E-state index contributed by atoms with van der Waals surface area (Å²) < 4.78 is 41.4. The maximum absolute atomic E-state index is 14.8. The fourth-order valence-electron chi connectivity index (χ4n) is 6.90. The Hall–Kier alpha value is -1.32. The largest absolute Gasteiger partial charge is 0.490 e. The lowest BCUT2D eigenvalue weighted by molar-refractivity contribution is 0.119. The van der Waals surface area contributed by atoms with Gasteiger partial charge in [-0.2, -0.15) is 8.78 Å². The van der Waals surface area contributed by atoms with Gasteiger partial charge in [0.2, 0.25) is 11.6 Å². The molecule has 1 heterocycles. The van der Waals surface area contributed by atoms with E-state index in [0.29, 0.717) is 12.5 Å². The van der Waals surface area contributed by atoms with Crippen LogP contribution in [0, 0.1) is 35.3 Å². The fraction of sp³-hybridized carbons (Fsp3) is 0.806. The lowest BCUT2D eigenvalue weighted by atomic mass is 9.69. The monoisotopic (exact) mass is 490 g/mol. The molecule has 2 saturated carbocycles. The zero-order valence-corrected chi connectivity index (χ0v) is 22.3. The van der Waals surface area contributed by atoms with E-state index in [9.17, 15) is 8.78 Å². The van der Waals surface area contributed by atoms with Gasteiger partial charge in [0.05, 0.1) is 12.7 Å². The van der Waals surface area contributed by atoms with Crippen LogP contribution in [0.1, 0.15) is 122 Å². The van der Waals surface area contributed by atoms with Crippen LogP contribution in [0.5, 0.6) is 11.5 Å².